The summed E-state index contributed by atoms with van der Waals surface area (Å²) in [4.78, 5) is 2.48. The zero-order valence-electron chi connectivity index (χ0n) is 8.38. The van der Waals surface area contributed by atoms with Crippen LogP contribution in [0, 0.1) is 0 Å². The molecule has 1 heterocycles. The Balaban J connectivity index is 2.31. The first-order valence-corrected chi connectivity index (χ1v) is 5.11. The Morgan fingerprint density at radius 2 is 2.25 bits per heavy atom. The van der Waals surface area contributed by atoms with Gasteiger partial charge in [-0.3, -0.25) is 4.90 Å². The lowest BCUT2D eigenvalue weighted by molar-refractivity contribution is 0.0123. The Labute approximate surface area is 75.9 Å². The number of likely N-dealkylation sites (tertiary alicyclic amines) is 1. The zero-order chi connectivity index (χ0) is 8.81. The lowest BCUT2D eigenvalue weighted by atomic mass is 9.99. The molecule has 1 rings (SSSR count). The molecule has 72 valence electrons. The van der Waals surface area contributed by atoms with E-state index in [4.69, 9.17) is 4.74 Å². The van der Waals surface area contributed by atoms with Crippen molar-refractivity contribution in [3.05, 3.63) is 0 Å². The summed E-state index contributed by atoms with van der Waals surface area (Å²) in [7, 11) is 1.79. The van der Waals surface area contributed by atoms with Gasteiger partial charge in [0.05, 0.1) is 6.73 Å². The highest BCUT2D eigenvalue weighted by molar-refractivity contribution is 4.74. The molecule has 0 aliphatic carbocycles. The fraction of sp³-hybridized carbons (Fsp3) is 1.00. The topological polar surface area (TPSA) is 12.5 Å². The second-order valence-corrected chi connectivity index (χ2v) is 3.67. The molecular weight excluding hydrogens is 150 g/mol. The van der Waals surface area contributed by atoms with Crippen LogP contribution in [-0.4, -0.2) is 31.3 Å². The van der Waals surface area contributed by atoms with Gasteiger partial charge in [-0.05, 0) is 19.3 Å². The van der Waals surface area contributed by atoms with E-state index in [0.717, 1.165) is 12.8 Å². The minimum atomic E-state index is 0.795. The van der Waals surface area contributed by atoms with Crippen LogP contribution in [0.3, 0.4) is 0 Å². The van der Waals surface area contributed by atoms with Gasteiger partial charge in [0.25, 0.3) is 0 Å². The van der Waals surface area contributed by atoms with E-state index in [1.54, 1.807) is 7.11 Å². The lowest BCUT2D eigenvalue weighted by Gasteiger charge is -2.34. The minimum absolute atomic E-state index is 0.795. The van der Waals surface area contributed by atoms with Crippen molar-refractivity contribution in [2.24, 2.45) is 0 Å². The summed E-state index contributed by atoms with van der Waals surface area (Å²) in [6.07, 6.45) is 6.76. The second kappa shape index (κ2) is 5.55. The van der Waals surface area contributed by atoms with Crippen molar-refractivity contribution in [1.82, 2.24) is 4.90 Å². The first kappa shape index (κ1) is 10.0. The molecule has 0 bridgehead atoms. The van der Waals surface area contributed by atoms with Gasteiger partial charge in [0.1, 0.15) is 0 Å². The molecule has 1 atom stereocenters. The third-order valence-electron chi connectivity index (χ3n) is 2.67. The third-order valence-corrected chi connectivity index (χ3v) is 2.67. The van der Waals surface area contributed by atoms with Crippen molar-refractivity contribution >= 4 is 0 Å². The fourth-order valence-corrected chi connectivity index (χ4v) is 2.06. The summed E-state index contributed by atoms with van der Waals surface area (Å²) in [5.74, 6) is 0. The van der Waals surface area contributed by atoms with Gasteiger partial charge in [-0.15, -0.1) is 0 Å². The number of hydrogen-bond acceptors (Lipinski definition) is 2. The van der Waals surface area contributed by atoms with Gasteiger partial charge in [-0.1, -0.05) is 19.8 Å². The van der Waals surface area contributed by atoms with Crippen LogP contribution >= 0.6 is 0 Å². The first-order chi connectivity index (χ1) is 5.88. The van der Waals surface area contributed by atoms with Crippen LogP contribution in [0.1, 0.15) is 39.0 Å². The Kier molecular flexibility index (Phi) is 4.62. The van der Waals surface area contributed by atoms with Crippen LogP contribution in [-0.2, 0) is 4.74 Å². The number of ether oxygens (including phenoxy) is 1. The summed E-state index contributed by atoms with van der Waals surface area (Å²) >= 11 is 0. The Hall–Kier alpha value is -0.0800. The maximum absolute atomic E-state index is 5.18. The molecule has 12 heavy (non-hydrogen) atoms. The van der Waals surface area contributed by atoms with E-state index in [0.29, 0.717) is 0 Å². The van der Waals surface area contributed by atoms with Gasteiger partial charge in [0.2, 0.25) is 0 Å². The molecule has 0 spiro atoms. The zero-order valence-corrected chi connectivity index (χ0v) is 8.38. The number of nitrogens with zero attached hydrogens (tertiary/aromatic N) is 1. The Bertz CT molecular complexity index is 98.4. The molecule has 1 unspecified atom stereocenters. The molecule has 0 radical (unpaired) electrons. The third kappa shape index (κ3) is 2.76. The molecule has 0 aromatic rings. The van der Waals surface area contributed by atoms with Gasteiger partial charge < -0.3 is 4.74 Å². The van der Waals surface area contributed by atoms with Crippen LogP contribution in [0.25, 0.3) is 0 Å². The minimum Gasteiger partial charge on any atom is -0.369 e. The summed E-state index contributed by atoms with van der Waals surface area (Å²) in [5, 5.41) is 0. The van der Waals surface area contributed by atoms with Crippen molar-refractivity contribution in [2.75, 3.05) is 20.4 Å². The maximum atomic E-state index is 5.18. The smallest absolute Gasteiger partial charge is 0.0988 e. The molecule has 1 aliphatic heterocycles. The number of rotatable bonds is 4. The van der Waals surface area contributed by atoms with Gasteiger partial charge in [0, 0.05) is 19.7 Å². The van der Waals surface area contributed by atoms with Crippen molar-refractivity contribution in [2.45, 2.75) is 45.1 Å². The Morgan fingerprint density at radius 3 is 2.92 bits per heavy atom. The molecule has 2 nitrogen and oxygen atoms in total. The highest BCUT2D eigenvalue weighted by atomic mass is 16.5. The second-order valence-electron chi connectivity index (χ2n) is 3.67. The monoisotopic (exact) mass is 171 g/mol. The van der Waals surface area contributed by atoms with E-state index in [1.165, 1.54) is 38.6 Å². The summed E-state index contributed by atoms with van der Waals surface area (Å²) in [5.41, 5.74) is 0. The molecule has 1 aliphatic rings. The van der Waals surface area contributed by atoms with Crippen molar-refractivity contribution in [1.29, 1.82) is 0 Å². The van der Waals surface area contributed by atoms with E-state index in [1.807, 2.05) is 0 Å². The molecule has 1 saturated heterocycles. The van der Waals surface area contributed by atoms with Crippen LogP contribution < -0.4 is 0 Å². The highest BCUT2D eigenvalue weighted by Gasteiger charge is 2.20. The van der Waals surface area contributed by atoms with E-state index in [2.05, 4.69) is 11.8 Å². The quantitative estimate of drug-likeness (QED) is 0.643. The van der Waals surface area contributed by atoms with E-state index >= 15 is 0 Å². The van der Waals surface area contributed by atoms with Gasteiger partial charge in [-0.2, -0.15) is 0 Å². The van der Waals surface area contributed by atoms with E-state index in [9.17, 15) is 0 Å². The summed E-state index contributed by atoms with van der Waals surface area (Å²) < 4.78 is 5.18. The summed E-state index contributed by atoms with van der Waals surface area (Å²) in [6, 6.07) is 0.795. The Morgan fingerprint density at radius 1 is 1.42 bits per heavy atom. The van der Waals surface area contributed by atoms with Crippen molar-refractivity contribution < 1.29 is 4.74 Å². The highest BCUT2D eigenvalue weighted by Crippen LogP contribution is 2.20. The molecule has 0 aromatic carbocycles. The van der Waals surface area contributed by atoms with Crippen LogP contribution in [0.2, 0.25) is 0 Å². The lowest BCUT2D eigenvalue weighted by Crippen LogP contribution is -2.40. The maximum Gasteiger partial charge on any atom is 0.0988 e. The van der Waals surface area contributed by atoms with Crippen LogP contribution in [0.4, 0.5) is 0 Å². The number of piperidine rings is 1. The first-order valence-electron chi connectivity index (χ1n) is 5.11. The molecule has 0 saturated carbocycles. The molecule has 1 fully saturated rings. The molecule has 0 aromatic heterocycles. The number of methoxy groups -OCH3 is 1. The van der Waals surface area contributed by atoms with Crippen molar-refractivity contribution in [3.63, 3.8) is 0 Å². The predicted molar refractivity (Wildman–Crippen MR) is 51.1 cm³/mol. The van der Waals surface area contributed by atoms with Gasteiger partial charge >= 0.3 is 0 Å². The molecular formula is C10H21NO. The van der Waals surface area contributed by atoms with E-state index < -0.39 is 0 Å². The normalized spacial score (nSPS) is 26.0. The average Bonchev–Trinajstić information content (AvgIpc) is 2.09. The van der Waals surface area contributed by atoms with Crippen molar-refractivity contribution in [3.8, 4) is 0 Å². The van der Waals surface area contributed by atoms with Crippen LogP contribution in [0.5, 0.6) is 0 Å². The SMILES string of the molecule is CCCC1CCCCN1COC. The average molecular weight is 171 g/mol. The van der Waals surface area contributed by atoms with Gasteiger partial charge in [-0.25, -0.2) is 0 Å². The summed E-state index contributed by atoms with van der Waals surface area (Å²) in [6.45, 7) is 4.32. The standard InChI is InChI=1S/C10H21NO/c1-3-6-10-7-4-5-8-11(10)9-12-2/h10H,3-9H2,1-2H3. The van der Waals surface area contributed by atoms with E-state index in [-0.39, 0.29) is 0 Å². The fourth-order valence-electron chi connectivity index (χ4n) is 2.06. The van der Waals surface area contributed by atoms with Gasteiger partial charge in [0.15, 0.2) is 0 Å². The van der Waals surface area contributed by atoms with Crippen LogP contribution in [0.15, 0.2) is 0 Å². The molecule has 2 heteroatoms. The predicted octanol–water partition coefficient (Wildman–Crippen LogP) is 2.24. The largest absolute Gasteiger partial charge is 0.369 e. The molecule has 0 amide bonds. The number of hydrogen-bond donors (Lipinski definition) is 0. The molecule has 0 N–H and O–H groups in total.